The van der Waals surface area contributed by atoms with Crippen LogP contribution >= 0.6 is 0 Å². The van der Waals surface area contributed by atoms with Crippen LogP contribution in [-0.4, -0.2) is 15.8 Å². The summed E-state index contributed by atoms with van der Waals surface area (Å²) in [5.41, 5.74) is 5.19. The van der Waals surface area contributed by atoms with Gasteiger partial charge in [-0.25, -0.2) is 0 Å². The van der Waals surface area contributed by atoms with Crippen LogP contribution in [0, 0.1) is 11.3 Å². The molecule has 0 amide bonds. The molecule has 5 nitrogen and oxygen atoms in total. The summed E-state index contributed by atoms with van der Waals surface area (Å²) in [6, 6.07) is 17.1. The monoisotopic (exact) mass is 393 g/mol. The Hall–Kier alpha value is -3.91. The molecule has 0 bridgehead atoms. The third kappa shape index (κ3) is 2.69. The van der Waals surface area contributed by atoms with Crippen LogP contribution in [0.15, 0.2) is 60.9 Å². The summed E-state index contributed by atoms with van der Waals surface area (Å²) in [5, 5.41) is 10.1. The minimum atomic E-state index is -0.381. The van der Waals surface area contributed by atoms with Gasteiger partial charge in [0.05, 0.1) is 17.2 Å². The predicted octanol–water partition coefficient (Wildman–Crippen LogP) is 4.88. The summed E-state index contributed by atoms with van der Waals surface area (Å²) in [5.74, 6) is 0.634. The number of H-pyrrole nitrogens is 1. The lowest BCUT2D eigenvalue weighted by Crippen LogP contribution is -2.30. The van der Waals surface area contributed by atoms with Crippen LogP contribution in [-0.2, 0) is 12.0 Å². The normalized spacial score (nSPS) is 14.1. The molecule has 2 aromatic carbocycles. The maximum atomic E-state index is 13.5. The van der Waals surface area contributed by atoms with Gasteiger partial charge in [0.15, 0.2) is 5.78 Å². The molecule has 1 aliphatic rings. The van der Waals surface area contributed by atoms with Gasteiger partial charge >= 0.3 is 0 Å². The van der Waals surface area contributed by atoms with Gasteiger partial charge in [0.2, 0.25) is 0 Å². The van der Waals surface area contributed by atoms with E-state index >= 15 is 0 Å². The molecule has 2 aromatic heterocycles. The summed E-state index contributed by atoms with van der Waals surface area (Å²) in [7, 11) is 0. The fourth-order valence-electron chi connectivity index (χ4n) is 4.23. The van der Waals surface area contributed by atoms with Crippen molar-refractivity contribution < 1.29 is 9.53 Å². The van der Waals surface area contributed by atoms with Crippen molar-refractivity contribution in [1.82, 2.24) is 9.97 Å². The van der Waals surface area contributed by atoms with Crippen molar-refractivity contribution in [3.05, 3.63) is 94.4 Å². The van der Waals surface area contributed by atoms with Crippen molar-refractivity contribution in [2.24, 2.45) is 0 Å². The zero-order chi connectivity index (χ0) is 20.9. The van der Waals surface area contributed by atoms with Crippen molar-refractivity contribution >= 4 is 16.7 Å². The van der Waals surface area contributed by atoms with Crippen LogP contribution in [0.1, 0.15) is 52.2 Å². The van der Waals surface area contributed by atoms with Crippen LogP contribution in [0.2, 0.25) is 0 Å². The summed E-state index contributed by atoms with van der Waals surface area (Å²) >= 11 is 0. The van der Waals surface area contributed by atoms with Crippen LogP contribution in [0.25, 0.3) is 10.9 Å². The highest BCUT2D eigenvalue weighted by atomic mass is 16.5. The Bertz CT molecular complexity index is 1340. The number of fused-ring (bicyclic) bond motifs is 4. The maximum Gasteiger partial charge on any atom is 0.195 e. The van der Waals surface area contributed by atoms with Crippen LogP contribution < -0.4 is 4.74 Å². The highest BCUT2D eigenvalue weighted by Gasteiger charge is 2.39. The van der Waals surface area contributed by atoms with E-state index in [9.17, 15) is 10.1 Å². The Morgan fingerprint density at radius 3 is 2.67 bits per heavy atom. The Balaban J connectivity index is 1.58. The van der Waals surface area contributed by atoms with Crippen molar-refractivity contribution in [3.8, 4) is 11.8 Å². The summed E-state index contributed by atoms with van der Waals surface area (Å²) in [4.78, 5) is 20.9. The molecule has 0 saturated carbocycles. The van der Waals surface area contributed by atoms with Gasteiger partial charge in [-0.05, 0) is 47.5 Å². The van der Waals surface area contributed by atoms with E-state index in [0.29, 0.717) is 29.0 Å². The maximum absolute atomic E-state index is 13.5. The molecule has 146 valence electrons. The van der Waals surface area contributed by atoms with Gasteiger partial charge in [-0.2, -0.15) is 5.26 Å². The number of hydrogen-bond acceptors (Lipinski definition) is 4. The largest absolute Gasteiger partial charge is 0.489 e. The molecule has 30 heavy (non-hydrogen) atoms. The fraction of sp³-hybridized carbons (Fsp3) is 0.160. The zero-order valence-electron chi connectivity index (χ0n) is 16.7. The molecule has 1 aliphatic carbocycles. The molecule has 0 atom stereocenters. The quantitative estimate of drug-likeness (QED) is 0.538. The molecule has 0 spiro atoms. The summed E-state index contributed by atoms with van der Waals surface area (Å²) in [6.07, 6.45) is 3.46. The lowest BCUT2D eigenvalue weighted by Gasteiger charge is -2.32. The molecule has 5 heteroatoms. The zero-order valence-corrected chi connectivity index (χ0v) is 16.7. The third-order valence-corrected chi connectivity index (χ3v) is 5.84. The van der Waals surface area contributed by atoms with E-state index in [-0.39, 0.29) is 11.2 Å². The molecular formula is C25H19N3O2. The molecule has 0 unspecified atom stereocenters. The Morgan fingerprint density at radius 2 is 1.90 bits per heavy atom. The number of nitrogens with zero attached hydrogens (tertiary/aromatic N) is 2. The first-order valence-corrected chi connectivity index (χ1v) is 9.76. The number of rotatable bonds is 3. The van der Waals surface area contributed by atoms with Gasteiger partial charge < -0.3 is 9.72 Å². The Kier molecular flexibility index (Phi) is 3.97. The number of aromatic amines is 1. The molecule has 0 fully saturated rings. The van der Waals surface area contributed by atoms with E-state index in [1.165, 1.54) is 0 Å². The van der Waals surface area contributed by atoms with Crippen LogP contribution in [0.4, 0.5) is 0 Å². The van der Waals surface area contributed by atoms with E-state index in [1.54, 1.807) is 24.5 Å². The number of ketones is 1. The number of ether oxygens (including phenoxy) is 1. The fourth-order valence-corrected chi connectivity index (χ4v) is 4.23. The number of pyridine rings is 1. The summed E-state index contributed by atoms with van der Waals surface area (Å²) < 4.78 is 5.94. The van der Waals surface area contributed by atoms with Gasteiger partial charge in [-0.1, -0.05) is 26.0 Å². The van der Waals surface area contributed by atoms with Gasteiger partial charge in [0.25, 0.3) is 0 Å². The first-order valence-electron chi connectivity index (χ1n) is 9.76. The smallest absolute Gasteiger partial charge is 0.195 e. The van der Waals surface area contributed by atoms with E-state index in [4.69, 9.17) is 4.74 Å². The summed E-state index contributed by atoms with van der Waals surface area (Å²) in [6.45, 7) is 4.62. The minimum Gasteiger partial charge on any atom is -0.489 e. The van der Waals surface area contributed by atoms with E-state index in [1.807, 2.05) is 36.4 Å². The van der Waals surface area contributed by atoms with Gasteiger partial charge in [-0.15, -0.1) is 0 Å². The van der Waals surface area contributed by atoms with E-state index < -0.39 is 0 Å². The van der Waals surface area contributed by atoms with Gasteiger partial charge in [0.1, 0.15) is 12.4 Å². The number of nitrogens with one attached hydrogen (secondary N) is 1. The second-order valence-corrected chi connectivity index (χ2v) is 8.05. The second kappa shape index (κ2) is 6.57. The number of carbonyl (C=O) groups is 1. The van der Waals surface area contributed by atoms with E-state index in [2.05, 4.69) is 29.9 Å². The van der Waals surface area contributed by atoms with Crippen LogP contribution in [0.3, 0.4) is 0 Å². The molecule has 4 aromatic rings. The average molecular weight is 393 g/mol. The molecular weight excluding hydrogens is 374 g/mol. The van der Waals surface area contributed by atoms with Crippen LogP contribution in [0.5, 0.6) is 5.75 Å². The van der Waals surface area contributed by atoms with Crippen molar-refractivity contribution in [2.45, 2.75) is 25.9 Å². The van der Waals surface area contributed by atoms with Crippen molar-refractivity contribution in [2.75, 3.05) is 0 Å². The Morgan fingerprint density at radius 1 is 1.10 bits per heavy atom. The Labute approximate surface area is 174 Å². The molecule has 0 radical (unpaired) electrons. The molecule has 1 N–H and O–H groups in total. The highest BCUT2D eigenvalue weighted by molar-refractivity contribution is 6.20. The first kappa shape index (κ1) is 18.1. The first-order chi connectivity index (χ1) is 14.5. The minimum absolute atomic E-state index is 0.0235. The van der Waals surface area contributed by atoms with Crippen molar-refractivity contribution in [3.63, 3.8) is 0 Å². The number of carbonyl (C=O) groups excluding carboxylic acids is 1. The standard InChI is InChI=1S/C25H19N3O2/c1-25(2)20-6-4-17(30-14-15-7-9-27-10-8-15)12-19(20)23(29)22-18-5-3-16(13-26)11-21(18)28-24(22)25/h3-12,28H,14H2,1-2H3. The van der Waals surface area contributed by atoms with Gasteiger partial charge in [0, 0.05) is 40.0 Å². The molecule has 5 rings (SSSR count). The molecule has 2 heterocycles. The number of nitriles is 1. The van der Waals surface area contributed by atoms with E-state index in [0.717, 1.165) is 27.7 Å². The topological polar surface area (TPSA) is 78.8 Å². The highest BCUT2D eigenvalue weighted by Crippen LogP contribution is 2.44. The van der Waals surface area contributed by atoms with Crippen molar-refractivity contribution in [1.29, 1.82) is 5.26 Å². The third-order valence-electron chi connectivity index (χ3n) is 5.84. The average Bonchev–Trinajstić information content (AvgIpc) is 3.17. The second-order valence-electron chi connectivity index (χ2n) is 8.05. The number of hydrogen-bond donors (Lipinski definition) is 1. The predicted molar refractivity (Wildman–Crippen MR) is 114 cm³/mol. The molecule has 0 saturated heterocycles. The molecule has 0 aliphatic heterocycles. The number of benzene rings is 2. The van der Waals surface area contributed by atoms with Gasteiger partial charge in [-0.3, -0.25) is 9.78 Å². The lowest BCUT2D eigenvalue weighted by atomic mass is 9.71. The SMILES string of the molecule is CC1(C)c2ccc(OCc3ccncc3)cc2C(=O)c2c1[nH]c1cc(C#N)ccc21. The lowest BCUT2D eigenvalue weighted by molar-refractivity contribution is 0.103. The number of aromatic nitrogens is 2.